The minimum absolute atomic E-state index is 0.318. The Morgan fingerprint density at radius 1 is 0.774 bits per heavy atom. The normalized spacial score (nSPS) is 11.3. The molecule has 0 aliphatic carbocycles. The molecule has 0 N–H and O–H groups in total. The highest BCUT2D eigenvalue weighted by molar-refractivity contribution is 5.49. The van der Waals surface area contributed by atoms with Gasteiger partial charge in [0.15, 0.2) is 11.5 Å². The highest BCUT2D eigenvalue weighted by atomic mass is 16.5. The predicted octanol–water partition coefficient (Wildman–Crippen LogP) is 8.05. The van der Waals surface area contributed by atoms with Gasteiger partial charge in [-0.3, -0.25) is 0 Å². The van der Waals surface area contributed by atoms with E-state index in [9.17, 15) is 5.21 Å². The molecule has 0 aliphatic rings. The fourth-order valence-corrected chi connectivity index (χ4v) is 4.07. The molecule has 4 heteroatoms. The maximum atomic E-state index is 11.6. The average Bonchev–Trinajstić information content (AvgIpc) is 2.76. The van der Waals surface area contributed by atoms with Crippen LogP contribution in [0.2, 0.25) is 0 Å². The Morgan fingerprint density at radius 2 is 1.29 bits per heavy atom. The Hall–Kier alpha value is -1.26. The summed E-state index contributed by atoms with van der Waals surface area (Å²) in [5.74, 6) is 1.47. The van der Waals surface area contributed by atoms with Crippen LogP contribution in [0, 0.1) is 5.21 Å². The zero-order valence-electron chi connectivity index (χ0n) is 20.8. The van der Waals surface area contributed by atoms with Gasteiger partial charge in [0.1, 0.15) is 0 Å². The minimum atomic E-state index is 0.318. The molecular formula is C27H48NO3-. The Labute approximate surface area is 192 Å². The molecule has 0 bridgehead atoms. The number of nitrogens with zero attached hydrogens (tertiary/aromatic N) is 1. The maximum Gasteiger partial charge on any atom is 0.165 e. The van der Waals surface area contributed by atoms with Crippen LogP contribution in [0.25, 0.3) is 0 Å². The summed E-state index contributed by atoms with van der Waals surface area (Å²) in [7, 11) is 3.21. The smallest absolute Gasteiger partial charge is 0.165 e. The number of benzene rings is 1. The number of aryl methyl sites for hydroxylation is 1. The first-order valence-electron chi connectivity index (χ1n) is 12.8. The SMILES string of the molecule is CCCCCCCCCCCCCCCCOc1c(CN(C)[O-])cc(CC)cc1OC. The summed E-state index contributed by atoms with van der Waals surface area (Å²) < 4.78 is 11.6. The molecule has 0 heterocycles. The Kier molecular flexibility index (Phi) is 16.4. The van der Waals surface area contributed by atoms with E-state index in [-0.39, 0.29) is 0 Å². The van der Waals surface area contributed by atoms with Gasteiger partial charge >= 0.3 is 0 Å². The lowest BCUT2D eigenvalue weighted by Gasteiger charge is -2.25. The van der Waals surface area contributed by atoms with Gasteiger partial charge < -0.3 is 19.7 Å². The molecule has 0 atom stereocenters. The fraction of sp³-hybridized carbons (Fsp3) is 0.778. The van der Waals surface area contributed by atoms with Gasteiger partial charge in [-0.05, 0) is 31.5 Å². The molecular weight excluding hydrogens is 386 g/mol. The molecule has 0 unspecified atom stereocenters. The number of hydrogen-bond acceptors (Lipinski definition) is 4. The van der Waals surface area contributed by atoms with Gasteiger partial charge in [0, 0.05) is 12.1 Å². The molecule has 0 fully saturated rings. The lowest BCUT2D eigenvalue weighted by atomic mass is 10.0. The lowest BCUT2D eigenvalue weighted by molar-refractivity contribution is 0.277. The zero-order valence-corrected chi connectivity index (χ0v) is 20.8. The third-order valence-electron chi connectivity index (χ3n) is 5.96. The van der Waals surface area contributed by atoms with E-state index in [1.807, 2.05) is 6.07 Å². The van der Waals surface area contributed by atoms with E-state index >= 15 is 0 Å². The molecule has 0 saturated heterocycles. The van der Waals surface area contributed by atoms with E-state index in [2.05, 4.69) is 19.9 Å². The largest absolute Gasteiger partial charge is 0.785 e. The molecule has 0 saturated carbocycles. The van der Waals surface area contributed by atoms with Crippen molar-refractivity contribution in [1.82, 2.24) is 5.06 Å². The number of hydrogen-bond donors (Lipinski definition) is 0. The van der Waals surface area contributed by atoms with Crippen molar-refractivity contribution in [2.75, 3.05) is 20.8 Å². The van der Waals surface area contributed by atoms with Crippen LogP contribution >= 0.6 is 0 Å². The van der Waals surface area contributed by atoms with Crippen molar-refractivity contribution in [3.63, 3.8) is 0 Å². The van der Waals surface area contributed by atoms with Crippen LogP contribution in [0.3, 0.4) is 0 Å². The van der Waals surface area contributed by atoms with Crippen molar-refractivity contribution in [2.45, 2.75) is 117 Å². The van der Waals surface area contributed by atoms with E-state index in [1.165, 1.54) is 83.5 Å². The molecule has 180 valence electrons. The van der Waals surface area contributed by atoms with Gasteiger partial charge in [-0.1, -0.05) is 103 Å². The van der Waals surface area contributed by atoms with Crippen LogP contribution in [-0.2, 0) is 13.0 Å². The van der Waals surface area contributed by atoms with Crippen molar-refractivity contribution in [2.24, 2.45) is 0 Å². The Balaban J connectivity index is 2.16. The first kappa shape index (κ1) is 27.8. The summed E-state index contributed by atoms with van der Waals surface area (Å²) in [6.07, 6.45) is 19.8. The number of rotatable bonds is 20. The standard InChI is InChI=1S/C27H48NO3/c1-5-7-8-9-10-11-12-13-14-15-16-17-18-19-20-31-27-25(23-28(3)29)21-24(6-2)22-26(27)30-4/h21-22H,5-20,23H2,1-4H3/q-1. The molecule has 0 aromatic heterocycles. The van der Waals surface area contributed by atoms with Crippen LogP contribution in [0.1, 0.15) is 115 Å². The quantitative estimate of drug-likeness (QED) is 0.154. The van der Waals surface area contributed by atoms with Crippen molar-refractivity contribution in [1.29, 1.82) is 0 Å². The number of methoxy groups -OCH3 is 1. The van der Waals surface area contributed by atoms with Crippen LogP contribution in [0.4, 0.5) is 0 Å². The molecule has 1 aromatic carbocycles. The van der Waals surface area contributed by atoms with Crippen LogP contribution < -0.4 is 9.47 Å². The van der Waals surface area contributed by atoms with Crippen molar-refractivity contribution in [3.8, 4) is 11.5 Å². The first-order valence-corrected chi connectivity index (χ1v) is 12.8. The average molecular weight is 435 g/mol. The van der Waals surface area contributed by atoms with E-state index < -0.39 is 0 Å². The summed E-state index contributed by atoms with van der Waals surface area (Å²) in [6, 6.07) is 4.09. The van der Waals surface area contributed by atoms with Crippen LogP contribution in [-0.4, -0.2) is 25.8 Å². The first-order chi connectivity index (χ1) is 15.1. The fourth-order valence-electron chi connectivity index (χ4n) is 4.07. The van der Waals surface area contributed by atoms with Crippen LogP contribution in [0.5, 0.6) is 11.5 Å². The van der Waals surface area contributed by atoms with E-state index in [4.69, 9.17) is 9.47 Å². The zero-order chi connectivity index (χ0) is 22.7. The Bertz CT molecular complexity index is 560. The number of ether oxygens (including phenoxy) is 2. The monoisotopic (exact) mass is 434 g/mol. The third kappa shape index (κ3) is 13.0. The van der Waals surface area contributed by atoms with Crippen LogP contribution in [0.15, 0.2) is 12.1 Å². The van der Waals surface area contributed by atoms with Gasteiger partial charge in [0.25, 0.3) is 0 Å². The Morgan fingerprint density at radius 3 is 1.74 bits per heavy atom. The summed E-state index contributed by atoms with van der Waals surface area (Å²) in [6.45, 7) is 5.38. The van der Waals surface area contributed by atoms with E-state index in [0.717, 1.165) is 40.5 Å². The van der Waals surface area contributed by atoms with Crippen molar-refractivity contribution >= 4 is 0 Å². The number of unbranched alkanes of at least 4 members (excludes halogenated alkanes) is 13. The molecule has 1 aromatic rings. The highest BCUT2D eigenvalue weighted by Crippen LogP contribution is 2.34. The summed E-state index contributed by atoms with van der Waals surface area (Å²) in [5.41, 5.74) is 2.08. The van der Waals surface area contributed by atoms with Crippen molar-refractivity contribution < 1.29 is 9.47 Å². The van der Waals surface area contributed by atoms with Gasteiger partial charge in [0.05, 0.1) is 13.7 Å². The summed E-state index contributed by atoms with van der Waals surface area (Å²) >= 11 is 0. The van der Waals surface area contributed by atoms with Crippen molar-refractivity contribution in [3.05, 3.63) is 28.5 Å². The molecule has 31 heavy (non-hydrogen) atoms. The maximum absolute atomic E-state index is 11.6. The van der Waals surface area contributed by atoms with E-state index in [1.54, 1.807) is 14.2 Å². The van der Waals surface area contributed by atoms with Gasteiger partial charge in [-0.2, -0.15) is 0 Å². The molecule has 0 aliphatic heterocycles. The van der Waals surface area contributed by atoms with Gasteiger partial charge in [0.2, 0.25) is 0 Å². The summed E-state index contributed by atoms with van der Waals surface area (Å²) in [4.78, 5) is 0. The summed E-state index contributed by atoms with van der Waals surface area (Å²) in [5, 5.41) is 12.5. The van der Waals surface area contributed by atoms with E-state index in [0.29, 0.717) is 13.2 Å². The van der Waals surface area contributed by atoms with Gasteiger partial charge in [-0.25, -0.2) is 0 Å². The molecule has 0 amide bonds. The second-order valence-corrected chi connectivity index (χ2v) is 8.87. The topological polar surface area (TPSA) is 44.8 Å². The molecule has 0 spiro atoms. The lowest BCUT2D eigenvalue weighted by Crippen LogP contribution is -2.11. The predicted molar refractivity (Wildman–Crippen MR) is 133 cm³/mol. The third-order valence-corrected chi connectivity index (χ3v) is 5.96. The minimum Gasteiger partial charge on any atom is -0.785 e. The second kappa shape index (κ2) is 18.3. The number of hydroxylamine groups is 2. The molecule has 4 nitrogen and oxygen atoms in total. The second-order valence-electron chi connectivity index (χ2n) is 8.87. The highest BCUT2D eigenvalue weighted by Gasteiger charge is 2.13. The molecule has 1 rings (SSSR count). The molecule has 0 radical (unpaired) electrons. The van der Waals surface area contributed by atoms with Gasteiger partial charge in [-0.15, -0.1) is 0 Å².